The minimum absolute atomic E-state index is 0.162. The number of alkyl halides is 2. The Morgan fingerprint density at radius 1 is 1.23 bits per heavy atom. The average Bonchev–Trinajstić information content (AvgIpc) is 3.04. The number of anilines is 1. The molecule has 1 aromatic rings. The Kier molecular flexibility index (Phi) is 4.09. The summed E-state index contributed by atoms with van der Waals surface area (Å²) in [4.78, 5) is 16.2. The fourth-order valence-electron chi connectivity index (χ4n) is 4.10. The molecule has 0 spiro atoms. The van der Waals surface area contributed by atoms with Crippen molar-refractivity contribution < 1.29 is 22.0 Å². The Bertz CT molecular complexity index is 839. The number of para-hydroxylation sites is 1. The standard InChI is InChI=1S/C17H21F2N3O3S/c1-26(24,25)20-9-13(10-20)22-11-17(18,19)8-15(22)16(23)21-7-6-12-4-2-3-5-14(12)21/h2-5,13,15H,6-11H2,1H3/t15-/m0/s1. The number of nitrogens with zero attached hydrogens (tertiary/aromatic N) is 3. The molecule has 1 atom stereocenters. The number of halogens is 2. The second kappa shape index (κ2) is 5.97. The van der Waals surface area contributed by atoms with E-state index in [0.29, 0.717) is 6.54 Å². The Labute approximate surface area is 151 Å². The van der Waals surface area contributed by atoms with Crippen LogP contribution in [0.4, 0.5) is 14.5 Å². The summed E-state index contributed by atoms with van der Waals surface area (Å²) in [7, 11) is -3.33. The zero-order chi connectivity index (χ0) is 18.7. The van der Waals surface area contributed by atoms with Crippen LogP contribution in [0.3, 0.4) is 0 Å². The van der Waals surface area contributed by atoms with Crippen LogP contribution in [0.1, 0.15) is 12.0 Å². The van der Waals surface area contributed by atoms with Gasteiger partial charge in [-0.3, -0.25) is 9.69 Å². The van der Waals surface area contributed by atoms with Crippen molar-refractivity contribution in [3.63, 3.8) is 0 Å². The molecule has 3 aliphatic heterocycles. The van der Waals surface area contributed by atoms with Crippen LogP contribution < -0.4 is 4.90 Å². The summed E-state index contributed by atoms with van der Waals surface area (Å²) >= 11 is 0. The molecule has 9 heteroatoms. The molecular formula is C17H21F2N3O3S. The van der Waals surface area contributed by atoms with E-state index in [9.17, 15) is 22.0 Å². The number of amides is 1. The molecule has 4 rings (SSSR count). The van der Waals surface area contributed by atoms with E-state index >= 15 is 0 Å². The molecule has 1 aromatic carbocycles. The van der Waals surface area contributed by atoms with Crippen LogP contribution in [0.2, 0.25) is 0 Å². The molecule has 0 radical (unpaired) electrons. The maximum Gasteiger partial charge on any atom is 0.262 e. The van der Waals surface area contributed by atoms with Crippen molar-refractivity contribution in [3.05, 3.63) is 29.8 Å². The van der Waals surface area contributed by atoms with Gasteiger partial charge in [0.1, 0.15) is 0 Å². The molecule has 0 unspecified atom stereocenters. The number of hydrogen-bond acceptors (Lipinski definition) is 4. The van der Waals surface area contributed by atoms with Gasteiger partial charge in [0.15, 0.2) is 0 Å². The molecule has 2 fully saturated rings. The van der Waals surface area contributed by atoms with Crippen LogP contribution in [0.15, 0.2) is 24.3 Å². The second-order valence-corrected chi connectivity index (χ2v) is 9.33. The van der Waals surface area contributed by atoms with E-state index in [1.165, 1.54) is 9.21 Å². The monoisotopic (exact) mass is 385 g/mol. The van der Waals surface area contributed by atoms with E-state index in [4.69, 9.17) is 0 Å². The quantitative estimate of drug-likeness (QED) is 0.777. The first kappa shape index (κ1) is 17.8. The van der Waals surface area contributed by atoms with E-state index in [1.54, 1.807) is 4.90 Å². The molecular weight excluding hydrogens is 364 g/mol. The molecule has 142 valence electrons. The number of carbonyl (C=O) groups excluding carboxylic acids is 1. The Morgan fingerprint density at radius 3 is 2.62 bits per heavy atom. The summed E-state index contributed by atoms with van der Waals surface area (Å²) in [5.41, 5.74) is 1.84. The summed E-state index contributed by atoms with van der Waals surface area (Å²) in [6.07, 6.45) is 1.31. The van der Waals surface area contributed by atoms with Crippen LogP contribution in [0.5, 0.6) is 0 Å². The number of likely N-dealkylation sites (tertiary alicyclic amines) is 1. The molecule has 0 aromatic heterocycles. The lowest BCUT2D eigenvalue weighted by Gasteiger charge is -2.44. The number of rotatable bonds is 3. The van der Waals surface area contributed by atoms with Gasteiger partial charge in [-0.1, -0.05) is 18.2 Å². The van der Waals surface area contributed by atoms with Crippen molar-refractivity contribution in [2.75, 3.05) is 37.3 Å². The Balaban J connectivity index is 1.54. The lowest BCUT2D eigenvalue weighted by atomic mass is 10.1. The van der Waals surface area contributed by atoms with E-state index in [0.717, 1.165) is 23.9 Å². The van der Waals surface area contributed by atoms with Crippen molar-refractivity contribution in [2.24, 2.45) is 0 Å². The largest absolute Gasteiger partial charge is 0.310 e. The van der Waals surface area contributed by atoms with Crippen LogP contribution >= 0.6 is 0 Å². The molecule has 2 saturated heterocycles. The molecule has 0 N–H and O–H groups in total. The summed E-state index contributed by atoms with van der Waals surface area (Å²) in [5, 5.41) is 0. The van der Waals surface area contributed by atoms with Crippen molar-refractivity contribution in [3.8, 4) is 0 Å². The molecule has 0 bridgehead atoms. The van der Waals surface area contributed by atoms with E-state index in [-0.39, 0.29) is 25.0 Å². The predicted molar refractivity (Wildman–Crippen MR) is 92.8 cm³/mol. The summed E-state index contributed by atoms with van der Waals surface area (Å²) in [5.74, 6) is -3.25. The van der Waals surface area contributed by atoms with Crippen LogP contribution in [0, 0.1) is 0 Å². The highest BCUT2D eigenvalue weighted by Crippen LogP contribution is 2.38. The highest BCUT2D eigenvalue weighted by Gasteiger charge is 2.54. The number of benzene rings is 1. The first-order valence-electron chi connectivity index (χ1n) is 8.64. The smallest absolute Gasteiger partial charge is 0.262 e. The van der Waals surface area contributed by atoms with Crippen LogP contribution in [-0.2, 0) is 21.2 Å². The predicted octanol–water partition coefficient (Wildman–Crippen LogP) is 0.929. The SMILES string of the molecule is CS(=O)(=O)N1CC(N2CC(F)(F)C[C@H]2C(=O)N2CCc3ccccc32)C1. The number of sulfonamides is 1. The number of hydrogen-bond donors (Lipinski definition) is 0. The molecule has 3 heterocycles. The van der Waals surface area contributed by atoms with Crippen molar-refractivity contribution in [2.45, 2.75) is 30.8 Å². The summed E-state index contributed by atoms with van der Waals surface area (Å²) < 4.78 is 52.5. The first-order chi connectivity index (χ1) is 12.2. The van der Waals surface area contributed by atoms with Crippen LogP contribution in [0.25, 0.3) is 0 Å². The first-order valence-corrected chi connectivity index (χ1v) is 10.5. The van der Waals surface area contributed by atoms with Crippen LogP contribution in [-0.4, -0.2) is 74.0 Å². The maximum atomic E-state index is 14.1. The third-order valence-corrected chi connectivity index (χ3v) is 6.75. The van der Waals surface area contributed by atoms with Gasteiger partial charge in [-0.15, -0.1) is 0 Å². The number of fused-ring (bicyclic) bond motifs is 1. The molecule has 3 aliphatic rings. The van der Waals surface area contributed by atoms with Gasteiger partial charge in [0.05, 0.1) is 18.8 Å². The van der Waals surface area contributed by atoms with Gasteiger partial charge >= 0.3 is 0 Å². The van der Waals surface area contributed by atoms with E-state index in [2.05, 4.69) is 0 Å². The zero-order valence-electron chi connectivity index (χ0n) is 14.4. The van der Waals surface area contributed by atoms with E-state index in [1.807, 2.05) is 24.3 Å². The lowest BCUT2D eigenvalue weighted by molar-refractivity contribution is -0.124. The van der Waals surface area contributed by atoms with Gasteiger partial charge < -0.3 is 4.90 Å². The fourth-order valence-corrected chi connectivity index (χ4v) is 4.98. The minimum atomic E-state index is -3.33. The van der Waals surface area contributed by atoms with Crippen molar-refractivity contribution in [1.82, 2.24) is 9.21 Å². The highest BCUT2D eigenvalue weighted by atomic mass is 32.2. The third-order valence-electron chi connectivity index (χ3n) is 5.51. The van der Waals surface area contributed by atoms with Gasteiger partial charge in [0.25, 0.3) is 5.92 Å². The summed E-state index contributed by atoms with van der Waals surface area (Å²) in [6, 6.07) is 6.26. The second-order valence-electron chi connectivity index (χ2n) is 7.35. The van der Waals surface area contributed by atoms with Gasteiger partial charge in [0, 0.05) is 37.8 Å². The molecule has 1 amide bonds. The van der Waals surface area contributed by atoms with Gasteiger partial charge in [0.2, 0.25) is 15.9 Å². The highest BCUT2D eigenvalue weighted by molar-refractivity contribution is 7.88. The Morgan fingerprint density at radius 2 is 1.92 bits per heavy atom. The van der Waals surface area contributed by atoms with Gasteiger partial charge in [-0.05, 0) is 18.1 Å². The topological polar surface area (TPSA) is 60.9 Å². The molecule has 0 aliphatic carbocycles. The fraction of sp³-hybridized carbons (Fsp3) is 0.588. The average molecular weight is 385 g/mol. The number of carbonyl (C=O) groups is 1. The normalized spacial score (nSPS) is 26.7. The molecule has 6 nitrogen and oxygen atoms in total. The maximum absolute atomic E-state index is 14.1. The zero-order valence-corrected chi connectivity index (χ0v) is 15.3. The Hall–Kier alpha value is -1.58. The minimum Gasteiger partial charge on any atom is -0.310 e. The van der Waals surface area contributed by atoms with Crippen molar-refractivity contribution in [1.29, 1.82) is 0 Å². The van der Waals surface area contributed by atoms with E-state index < -0.39 is 35.0 Å². The third kappa shape index (κ3) is 3.01. The lowest BCUT2D eigenvalue weighted by Crippen LogP contribution is -2.63. The molecule has 0 saturated carbocycles. The van der Waals surface area contributed by atoms with Gasteiger partial charge in [-0.25, -0.2) is 17.2 Å². The van der Waals surface area contributed by atoms with Gasteiger partial charge in [-0.2, -0.15) is 4.31 Å². The molecule has 26 heavy (non-hydrogen) atoms. The summed E-state index contributed by atoms with van der Waals surface area (Å²) in [6.45, 7) is 0.319. The van der Waals surface area contributed by atoms with Crippen molar-refractivity contribution >= 4 is 21.6 Å².